The van der Waals surface area contributed by atoms with Gasteiger partial charge in [0, 0.05) is 27.2 Å². The molecule has 0 heterocycles. The zero-order valence-corrected chi connectivity index (χ0v) is 18.6. The highest BCUT2D eigenvalue weighted by Gasteiger charge is 2.09. The van der Waals surface area contributed by atoms with Gasteiger partial charge >= 0.3 is 0 Å². The predicted octanol–water partition coefficient (Wildman–Crippen LogP) is 2.78. The summed E-state index contributed by atoms with van der Waals surface area (Å²) in [5.41, 5.74) is 1.81. The molecule has 28 heavy (non-hydrogen) atoms. The molecule has 0 atom stereocenters. The smallest absolute Gasteiger partial charge is 0.239 e. The number of methoxy groups -OCH3 is 1. The van der Waals surface area contributed by atoms with E-state index in [1.807, 2.05) is 42.3 Å². The van der Waals surface area contributed by atoms with Gasteiger partial charge in [0.15, 0.2) is 5.96 Å². The molecule has 0 saturated heterocycles. The second kappa shape index (κ2) is 12.2. The van der Waals surface area contributed by atoms with Gasteiger partial charge in [-0.15, -0.1) is 24.0 Å². The largest absolute Gasteiger partial charge is 0.497 e. The number of aliphatic imine (C=N–C) groups is 1. The first-order chi connectivity index (χ1) is 13.0. The second-order valence-electron chi connectivity index (χ2n) is 6.01. The van der Waals surface area contributed by atoms with Crippen molar-refractivity contribution in [3.05, 3.63) is 65.5 Å². The maximum absolute atomic E-state index is 13.3. The normalized spacial score (nSPS) is 10.6. The second-order valence-corrected chi connectivity index (χ2v) is 6.01. The molecule has 0 bridgehead atoms. The topological polar surface area (TPSA) is 66.0 Å². The lowest BCUT2D eigenvalue weighted by atomic mass is 10.2. The van der Waals surface area contributed by atoms with Crippen LogP contribution in [0.15, 0.2) is 53.5 Å². The molecular weight excluding hydrogens is 474 g/mol. The van der Waals surface area contributed by atoms with Gasteiger partial charge in [-0.2, -0.15) is 0 Å². The minimum Gasteiger partial charge on any atom is -0.497 e. The molecule has 1 amide bonds. The Labute approximate surface area is 182 Å². The summed E-state index contributed by atoms with van der Waals surface area (Å²) in [6.45, 7) is 1.00. The molecular formula is C20H26FIN4O2. The van der Waals surface area contributed by atoms with Crippen molar-refractivity contribution < 1.29 is 13.9 Å². The minimum absolute atomic E-state index is 0. The summed E-state index contributed by atoms with van der Waals surface area (Å²) < 4.78 is 18.4. The molecule has 0 aliphatic rings. The number of hydrogen-bond donors (Lipinski definition) is 2. The standard InChI is InChI=1S/C20H25FN4O2.HI/c1-22-20(25(2)14-16-5-4-6-17(21)11-16)24-13-19(26)23-12-15-7-9-18(27-3)10-8-15;/h4-11H,12-14H2,1-3H3,(H,22,24)(H,23,26);1H. The summed E-state index contributed by atoms with van der Waals surface area (Å²) in [6, 6.07) is 13.9. The number of hydrogen-bond acceptors (Lipinski definition) is 3. The maximum Gasteiger partial charge on any atom is 0.239 e. The van der Waals surface area contributed by atoms with Gasteiger partial charge in [0.25, 0.3) is 0 Å². The first-order valence-corrected chi connectivity index (χ1v) is 8.57. The van der Waals surface area contributed by atoms with Crippen molar-refractivity contribution in [3.63, 3.8) is 0 Å². The van der Waals surface area contributed by atoms with Gasteiger partial charge < -0.3 is 20.3 Å². The minimum atomic E-state index is -0.276. The molecule has 2 N–H and O–H groups in total. The van der Waals surface area contributed by atoms with Gasteiger partial charge in [0.05, 0.1) is 13.7 Å². The van der Waals surface area contributed by atoms with Gasteiger partial charge in [-0.3, -0.25) is 9.79 Å². The van der Waals surface area contributed by atoms with Gasteiger partial charge in [-0.05, 0) is 35.4 Å². The van der Waals surface area contributed by atoms with Crippen molar-refractivity contribution in [3.8, 4) is 5.75 Å². The third-order valence-corrected chi connectivity index (χ3v) is 3.94. The molecule has 8 heteroatoms. The van der Waals surface area contributed by atoms with Crippen LogP contribution < -0.4 is 15.4 Å². The maximum atomic E-state index is 13.3. The molecule has 0 radical (unpaired) electrons. The Morgan fingerprint density at radius 2 is 1.86 bits per heavy atom. The number of nitrogens with zero attached hydrogens (tertiary/aromatic N) is 2. The Kier molecular flexibility index (Phi) is 10.3. The first kappa shape index (κ1) is 23.7. The van der Waals surface area contributed by atoms with E-state index in [0.29, 0.717) is 19.0 Å². The van der Waals surface area contributed by atoms with Crippen LogP contribution in [0.25, 0.3) is 0 Å². The van der Waals surface area contributed by atoms with Crippen LogP contribution >= 0.6 is 24.0 Å². The highest BCUT2D eigenvalue weighted by Crippen LogP contribution is 2.10. The Hall–Kier alpha value is -2.36. The first-order valence-electron chi connectivity index (χ1n) is 8.57. The van der Waals surface area contributed by atoms with Gasteiger partial charge in [0.2, 0.25) is 5.91 Å². The van der Waals surface area contributed by atoms with Crippen LogP contribution in [0.4, 0.5) is 4.39 Å². The number of ether oxygens (including phenoxy) is 1. The van der Waals surface area contributed by atoms with E-state index >= 15 is 0 Å². The Bertz CT molecular complexity index is 784. The monoisotopic (exact) mass is 500 g/mol. The number of amides is 1. The van der Waals surface area contributed by atoms with E-state index in [2.05, 4.69) is 15.6 Å². The number of guanidine groups is 1. The van der Waals surface area contributed by atoms with Crippen molar-refractivity contribution in [2.75, 3.05) is 27.7 Å². The van der Waals surface area contributed by atoms with E-state index in [9.17, 15) is 9.18 Å². The number of nitrogens with one attached hydrogen (secondary N) is 2. The molecule has 0 aromatic heterocycles. The van der Waals surface area contributed by atoms with Crippen LogP contribution in [-0.4, -0.2) is 44.5 Å². The number of benzene rings is 2. The third kappa shape index (κ3) is 7.71. The molecule has 0 aliphatic carbocycles. The fourth-order valence-corrected chi connectivity index (χ4v) is 2.53. The molecule has 0 fully saturated rings. The number of carbonyl (C=O) groups excluding carboxylic acids is 1. The van der Waals surface area contributed by atoms with Crippen LogP contribution in [0.3, 0.4) is 0 Å². The fourth-order valence-electron chi connectivity index (χ4n) is 2.53. The van der Waals surface area contributed by atoms with Crippen molar-refractivity contribution in [2.45, 2.75) is 13.1 Å². The summed E-state index contributed by atoms with van der Waals surface area (Å²) in [7, 11) is 5.08. The van der Waals surface area contributed by atoms with E-state index < -0.39 is 0 Å². The fraction of sp³-hybridized carbons (Fsp3) is 0.300. The van der Waals surface area contributed by atoms with Crippen molar-refractivity contribution >= 4 is 35.8 Å². The van der Waals surface area contributed by atoms with Crippen molar-refractivity contribution in [2.24, 2.45) is 4.99 Å². The van der Waals surface area contributed by atoms with E-state index in [0.717, 1.165) is 16.9 Å². The van der Waals surface area contributed by atoms with Crippen LogP contribution in [0.2, 0.25) is 0 Å². The number of carbonyl (C=O) groups is 1. The molecule has 152 valence electrons. The Morgan fingerprint density at radius 3 is 2.46 bits per heavy atom. The molecule has 0 saturated carbocycles. The average Bonchev–Trinajstić information content (AvgIpc) is 2.67. The summed E-state index contributed by atoms with van der Waals surface area (Å²) in [5, 5.41) is 5.86. The number of rotatable bonds is 7. The molecule has 2 aromatic carbocycles. The van der Waals surface area contributed by atoms with E-state index in [-0.39, 0.29) is 42.2 Å². The summed E-state index contributed by atoms with van der Waals surface area (Å²) >= 11 is 0. The highest BCUT2D eigenvalue weighted by molar-refractivity contribution is 14.0. The predicted molar refractivity (Wildman–Crippen MR) is 119 cm³/mol. The zero-order valence-electron chi connectivity index (χ0n) is 16.2. The summed E-state index contributed by atoms with van der Waals surface area (Å²) in [5.74, 6) is 0.906. The van der Waals surface area contributed by atoms with E-state index in [1.54, 1.807) is 20.2 Å². The third-order valence-electron chi connectivity index (χ3n) is 3.94. The van der Waals surface area contributed by atoms with Crippen LogP contribution in [0.1, 0.15) is 11.1 Å². The SMILES string of the molecule is CN=C(NCC(=O)NCc1ccc(OC)cc1)N(C)Cc1cccc(F)c1.I. The van der Waals surface area contributed by atoms with Crippen LogP contribution in [-0.2, 0) is 17.9 Å². The Morgan fingerprint density at radius 1 is 1.14 bits per heavy atom. The lowest BCUT2D eigenvalue weighted by Gasteiger charge is -2.22. The quantitative estimate of drug-likeness (QED) is 0.349. The van der Waals surface area contributed by atoms with Gasteiger partial charge in [-0.25, -0.2) is 4.39 Å². The summed E-state index contributed by atoms with van der Waals surface area (Å²) in [4.78, 5) is 18.0. The van der Waals surface area contributed by atoms with Crippen molar-refractivity contribution in [1.82, 2.24) is 15.5 Å². The average molecular weight is 500 g/mol. The molecule has 2 rings (SSSR count). The molecule has 0 aliphatic heterocycles. The van der Waals surface area contributed by atoms with Crippen LogP contribution in [0, 0.1) is 5.82 Å². The lowest BCUT2D eigenvalue weighted by Crippen LogP contribution is -2.43. The highest BCUT2D eigenvalue weighted by atomic mass is 127. The molecule has 6 nitrogen and oxygen atoms in total. The summed E-state index contributed by atoms with van der Waals surface area (Å²) in [6.07, 6.45) is 0. The van der Waals surface area contributed by atoms with E-state index in [1.165, 1.54) is 12.1 Å². The number of halogens is 2. The van der Waals surface area contributed by atoms with Gasteiger partial charge in [-0.1, -0.05) is 24.3 Å². The Balaban J connectivity index is 0.00000392. The van der Waals surface area contributed by atoms with Crippen molar-refractivity contribution in [1.29, 1.82) is 0 Å². The lowest BCUT2D eigenvalue weighted by molar-refractivity contribution is -0.120. The van der Waals surface area contributed by atoms with Gasteiger partial charge in [0.1, 0.15) is 11.6 Å². The molecule has 0 spiro atoms. The molecule has 0 unspecified atom stereocenters. The van der Waals surface area contributed by atoms with E-state index in [4.69, 9.17) is 4.74 Å². The van der Waals surface area contributed by atoms with Crippen LogP contribution in [0.5, 0.6) is 5.75 Å². The zero-order chi connectivity index (χ0) is 19.6. The molecule has 2 aromatic rings.